The van der Waals surface area contributed by atoms with E-state index in [1.54, 1.807) is 0 Å². The largest absolute Gasteiger partial charge is 0.481 e. The van der Waals surface area contributed by atoms with Gasteiger partial charge < -0.3 is 15.4 Å². The minimum Gasteiger partial charge on any atom is -0.481 e. The standard InChI is InChI=1S/C32H34ClN3O3.C4H11N/c1-22(2)18-26-12-13-27(19-28(26)33)30-34-29(35-39-30)25-10-8-24(9-11-25)21-36-16-14-32(15-17-36,31(37)38)20-23-6-4-3-5-7-23;1-4(2,3)5/h3-13,19,22H,14-18,20-21H2,1-2H3,(H,37,38);5H2,1-3H3. The molecule has 2 heterocycles. The van der Waals surface area contributed by atoms with E-state index in [4.69, 9.17) is 21.9 Å². The lowest BCUT2D eigenvalue weighted by Gasteiger charge is -2.39. The fourth-order valence-corrected chi connectivity index (χ4v) is 5.61. The molecule has 1 saturated heterocycles. The van der Waals surface area contributed by atoms with Gasteiger partial charge in [0.05, 0.1) is 5.41 Å². The van der Waals surface area contributed by atoms with E-state index < -0.39 is 11.4 Å². The van der Waals surface area contributed by atoms with E-state index in [1.165, 1.54) is 5.56 Å². The smallest absolute Gasteiger partial charge is 0.310 e. The number of halogens is 1. The summed E-state index contributed by atoms with van der Waals surface area (Å²) in [5, 5.41) is 14.9. The Morgan fingerprint density at radius 3 is 2.18 bits per heavy atom. The van der Waals surface area contributed by atoms with E-state index in [0.717, 1.165) is 48.3 Å². The molecule has 0 saturated carbocycles. The molecule has 5 rings (SSSR count). The third kappa shape index (κ3) is 9.49. The summed E-state index contributed by atoms with van der Waals surface area (Å²) in [5.41, 5.74) is 9.70. The topological polar surface area (TPSA) is 105 Å². The van der Waals surface area contributed by atoms with Gasteiger partial charge in [-0.3, -0.25) is 9.69 Å². The zero-order valence-corrected chi connectivity index (χ0v) is 27.3. The summed E-state index contributed by atoms with van der Waals surface area (Å²) in [6, 6.07) is 24.0. The Hall–Kier alpha value is -3.52. The Morgan fingerprint density at radius 1 is 1.00 bits per heavy atom. The fraction of sp³-hybridized carbons (Fsp3) is 0.417. The fourth-order valence-electron chi connectivity index (χ4n) is 5.35. The summed E-state index contributed by atoms with van der Waals surface area (Å²) in [7, 11) is 0. The van der Waals surface area contributed by atoms with Gasteiger partial charge in [-0.05, 0) is 94.3 Å². The van der Waals surface area contributed by atoms with Crippen LogP contribution < -0.4 is 5.73 Å². The van der Waals surface area contributed by atoms with Crippen molar-refractivity contribution in [2.45, 2.75) is 72.4 Å². The van der Waals surface area contributed by atoms with Gasteiger partial charge in [0.25, 0.3) is 5.89 Å². The average molecular weight is 617 g/mol. The van der Waals surface area contributed by atoms with Crippen molar-refractivity contribution in [3.63, 3.8) is 0 Å². The van der Waals surface area contributed by atoms with Crippen LogP contribution in [0, 0.1) is 11.3 Å². The van der Waals surface area contributed by atoms with Gasteiger partial charge >= 0.3 is 5.97 Å². The number of carboxylic acid groups (broad SMARTS) is 1. The molecule has 7 nitrogen and oxygen atoms in total. The molecule has 0 bridgehead atoms. The molecule has 3 aromatic carbocycles. The Labute approximate surface area is 266 Å². The number of likely N-dealkylation sites (tertiary alicyclic amines) is 1. The number of benzene rings is 3. The molecule has 1 aliphatic rings. The number of carbonyl (C=O) groups is 1. The van der Waals surface area contributed by atoms with Gasteiger partial charge in [-0.15, -0.1) is 0 Å². The van der Waals surface area contributed by atoms with Crippen molar-refractivity contribution in [1.29, 1.82) is 0 Å². The van der Waals surface area contributed by atoms with Crippen LogP contribution in [0.15, 0.2) is 77.3 Å². The molecule has 3 N–H and O–H groups in total. The Kier molecular flexibility index (Phi) is 11.0. The van der Waals surface area contributed by atoms with Crippen LogP contribution in [-0.4, -0.2) is 44.7 Å². The van der Waals surface area contributed by atoms with Crippen LogP contribution in [0.5, 0.6) is 0 Å². The van der Waals surface area contributed by atoms with E-state index in [2.05, 4.69) is 41.0 Å². The van der Waals surface area contributed by atoms with Crippen molar-refractivity contribution in [1.82, 2.24) is 15.0 Å². The molecular weight excluding hydrogens is 572 g/mol. The molecule has 1 fully saturated rings. The van der Waals surface area contributed by atoms with Crippen molar-refractivity contribution in [3.05, 3.63) is 94.5 Å². The molecule has 0 spiro atoms. The highest BCUT2D eigenvalue weighted by Gasteiger charge is 2.41. The number of hydrogen-bond acceptors (Lipinski definition) is 6. The molecule has 1 aromatic heterocycles. The molecule has 0 atom stereocenters. The Balaban J connectivity index is 0.000000818. The van der Waals surface area contributed by atoms with Gasteiger partial charge in [-0.25, -0.2) is 0 Å². The first-order chi connectivity index (χ1) is 20.8. The Bertz CT molecular complexity index is 1500. The third-order valence-electron chi connectivity index (χ3n) is 7.62. The lowest BCUT2D eigenvalue weighted by molar-refractivity contribution is -0.152. The van der Waals surface area contributed by atoms with E-state index >= 15 is 0 Å². The van der Waals surface area contributed by atoms with Crippen LogP contribution in [0.25, 0.3) is 22.8 Å². The highest BCUT2D eigenvalue weighted by atomic mass is 35.5. The van der Waals surface area contributed by atoms with Crippen LogP contribution >= 0.6 is 11.6 Å². The number of nitrogens with two attached hydrogens (primary N) is 1. The zero-order valence-electron chi connectivity index (χ0n) is 26.5. The average Bonchev–Trinajstić information content (AvgIpc) is 3.45. The van der Waals surface area contributed by atoms with Crippen LogP contribution in [0.3, 0.4) is 0 Å². The van der Waals surface area contributed by atoms with E-state index in [1.807, 2.05) is 81.4 Å². The summed E-state index contributed by atoms with van der Waals surface area (Å²) >= 11 is 6.49. The first kappa shape index (κ1) is 33.4. The molecule has 8 heteroatoms. The summed E-state index contributed by atoms with van der Waals surface area (Å²) in [4.78, 5) is 19.2. The maximum atomic E-state index is 12.2. The summed E-state index contributed by atoms with van der Waals surface area (Å²) in [5.74, 6) is 0.810. The molecule has 234 valence electrons. The number of nitrogens with zero attached hydrogens (tertiary/aromatic N) is 3. The summed E-state index contributed by atoms with van der Waals surface area (Å²) in [6.45, 7) is 12.5. The van der Waals surface area contributed by atoms with Crippen molar-refractivity contribution in [2.75, 3.05) is 13.1 Å². The second-order valence-electron chi connectivity index (χ2n) is 13.4. The lowest BCUT2D eigenvalue weighted by atomic mass is 9.74. The SMILES string of the molecule is CC(C)(C)N.CC(C)Cc1ccc(-c2nc(-c3ccc(CN4CCC(Cc5ccccc5)(C(=O)O)CC4)cc3)no2)cc1Cl. The van der Waals surface area contributed by atoms with Gasteiger partial charge in [0.15, 0.2) is 0 Å². The highest BCUT2D eigenvalue weighted by molar-refractivity contribution is 6.31. The van der Waals surface area contributed by atoms with Crippen molar-refractivity contribution in [2.24, 2.45) is 17.1 Å². The third-order valence-corrected chi connectivity index (χ3v) is 7.98. The van der Waals surface area contributed by atoms with Gasteiger partial charge in [0.2, 0.25) is 5.82 Å². The number of piperidine rings is 1. The van der Waals surface area contributed by atoms with Gasteiger partial charge in [-0.2, -0.15) is 4.98 Å². The van der Waals surface area contributed by atoms with Crippen molar-refractivity contribution < 1.29 is 14.4 Å². The molecule has 1 aliphatic heterocycles. The summed E-state index contributed by atoms with van der Waals surface area (Å²) < 4.78 is 5.54. The van der Waals surface area contributed by atoms with Crippen LogP contribution in [0.4, 0.5) is 0 Å². The first-order valence-corrected chi connectivity index (χ1v) is 15.7. The van der Waals surface area contributed by atoms with Crippen molar-refractivity contribution in [3.8, 4) is 22.8 Å². The maximum Gasteiger partial charge on any atom is 0.310 e. The molecule has 0 amide bonds. The minimum absolute atomic E-state index is 0. The first-order valence-electron chi connectivity index (χ1n) is 15.3. The molecule has 0 radical (unpaired) electrons. The van der Waals surface area contributed by atoms with Gasteiger partial charge in [-0.1, -0.05) is 91.3 Å². The molecule has 44 heavy (non-hydrogen) atoms. The Morgan fingerprint density at radius 2 is 1.61 bits per heavy atom. The van der Waals surface area contributed by atoms with Crippen molar-refractivity contribution >= 4 is 17.6 Å². The van der Waals surface area contributed by atoms with E-state index in [0.29, 0.717) is 41.9 Å². The zero-order chi connectivity index (χ0) is 31.9. The van der Waals surface area contributed by atoms with Crippen LogP contribution in [0.1, 0.15) is 64.2 Å². The number of hydrogen-bond donors (Lipinski definition) is 2. The number of aliphatic carboxylic acids is 1. The molecular formula is C36H45ClN4O3. The maximum absolute atomic E-state index is 12.2. The van der Waals surface area contributed by atoms with Crippen LogP contribution in [-0.2, 0) is 24.2 Å². The monoisotopic (exact) mass is 616 g/mol. The minimum atomic E-state index is -0.697. The van der Waals surface area contributed by atoms with Crippen LogP contribution in [0.2, 0.25) is 5.02 Å². The molecule has 4 aromatic rings. The number of rotatable bonds is 9. The normalized spacial score (nSPS) is 15.1. The molecule has 0 aliphatic carbocycles. The van der Waals surface area contributed by atoms with Gasteiger partial charge in [0.1, 0.15) is 0 Å². The quantitative estimate of drug-likeness (QED) is 0.197. The lowest BCUT2D eigenvalue weighted by Crippen LogP contribution is -2.45. The second-order valence-corrected chi connectivity index (χ2v) is 13.8. The number of aromatic nitrogens is 2. The highest BCUT2D eigenvalue weighted by Crippen LogP contribution is 2.36. The van der Waals surface area contributed by atoms with E-state index in [9.17, 15) is 9.90 Å². The van der Waals surface area contributed by atoms with Gasteiger partial charge in [0, 0.05) is 28.2 Å². The number of carboxylic acids is 1. The predicted molar refractivity (Wildman–Crippen MR) is 177 cm³/mol. The molecule has 0 unspecified atom stereocenters. The van der Waals surface area contributed by atoms with E-state index in [-0.39, 0.29) is 5.54 Å². The summed E-state index contributed by atoms with van der Waals surface area (Å²) in [6.07, 6.45) is 2.78. The predicted octanol–water partition coefficient (Wildman–Crippen LogP) is 7.91. The second kappa shape index (κ2) is 14.5.